The predicted octanol–water partition coefficient (Wildman–Crippen LogP) is 4.92. The lowest BCUT2D eigenvalue weighted by Crippen LogP contribution is -2.40. The van der Waals surface area contributed by atoms with E-state index in [1.807, 2.05) is 0 Å². The highest BCUT2D eigenvalue weighted by molar-refractivity contribution is 5.76. The van der Waals surface area contributed by atoms with Crippen molar-refractivity contribution >= 4 is 11.4 Å². The first-order valence-corrected chi connectivity index (χ1v) is 11.7. The fraction of sp³-hybridized carbons (Fsp3) is 0.429. The molecule has 2 aromatic heterocycles. The second-order valence-electron chi connectivity index (χ2n) is 10.6. The number of benzene rings is 1. The molecule has 0 unspecified atom stereocenters. The molecule has 4 nitrogen and oxygen atoms in total. The Labute approximate surface area is 192 Å². The number of rotatable bonds is 2. The molecule has 2 aliphatic rings. The van der Waals surface area contributed by atoms with E-state index in [0.717, 1.165) is 13.3 Å². The van der Waals surface area contributed by atoms with Crippen molar-refractivity contribution in [3.05, 3.63) is 82.4 Å². The maximum atomic E-state index is 2.59. The minimum atomic E-state index is -0.0593. The van der Waals surface area contributed by atoms with E-state index in [2.05, 4.69) is 123 Å². The van der Waals surface area contributed by atoms with Gasteiger partial charge >= 0.3 is 0 Å². The van der Waals surface area contributed by atoms with Crippen LogP contribution >= 0.6 is 0 Å². The van der Waals surface area contributed by atoms with Crippen LogP contribution in [0.15, 0.2) is 48.8 Å². The second kappa shape index (κ2) is 6.81. The zero-order valence-corrected chi connectivity index (χ0v) is 20.8. The highest BCUT2D eigenvalue weighted by Gasteiger charge is 2.48. The van der Waals surface area contributed by atoms with Gasteiger partial charge in [0.1, 0.15) is 11.1 Å². The van der Waals surface area contributed by atoms with Crippen LogP contribution in [0.4, 0.5) is 11.4 Å². The Bertz CT molecular complexity index is 1110. The number of aromatic nitrogens is 2. The Hall–Kier alpha value is -2.88. The molecule has 0 N–H and O–H groups in total. The SMILES string of the molecule is Cc1c(C)c(N2C[n+]3ccccc3C2(C)C)c(C)c(C)c1N1C[n+]2ccccc2C1(C)C. The highest BCUT2D eigenvalue weighted by Crippen LogP contribution is 2.46. The maximum Gasteiger partial charge on any atom is 0.225 e. The first-order valence-electron chi connectivity index (χ1n) is 11.7. The molecule has 0 bridgehead atoms. The van der Waals surface area contributed by atoms with Gasteiger partial charge in [-0.2, -0.15) is 9.13 Å². The largest absolute Gasteiger partial charge is 0.301 e. The zero-order chi connectivity index (χ0) is 23.0. The lowest BCUT2D eigenvalue weighted by atomic mass is 9.89. The minimum Gasteiger partial charge on any atom is -0.301 e. The topological polar surface area (TPSA) is 14.2 Å². The molecule has 0 fully saturated rings. The molecule has 0 saturated carbocycles. The summed E-state index contributed by atoms with van der Waals surface area (Å²) in [6.07, 6.45) is 4.41. The molecule has 0 saturated heterocycles. The van der Waals surface area contributed by atoms with Gasteiger partial charge in [-0.25, -0.2) is 0 Å². The van der Waals surface area contributed by atoms with Crippen LogP contribution in [0.1, 0.15) is 61.3 Å². The molecule has 0 spiro atoms. The van der Waals surface area contributed by atoms with Gasteiger partial charge in [-0.05, 0) is 77.6 Å². The summed E-state index contributed by atoms with van der Waals surface area (Å²) >= 11 is 0. The third-order valence-electron chi connectivity index (χ3n) is 8.16. The molecule has 4 heterocycles. The van der Waals surface area contributed by atoms with Gasteiger partial charge in [0.05, 0.1) is 0 Å². The molecule has 32 heavy (non-hydrogen) atoms. The molecule has 5 rings (SSSR count). The summed E-state index contributed by atoms with van der Waals surface area (Å²) in [5, 5.41) is 0. The molecule has 0 radical (unpaired) electrons. The average Bonchev–Trinajstić information content (AvgIpc) is 3.18. The molecule has 0 atom stereocenters. The summed E-state index contributed by atoms with van der Waals surface area (Å²) in [5.41, 5.74) is 11.0. The van der Waals surface area contributed by atoms with Crippen molar-refractivity contribution in [1.82, 2.24) is 0 Å². The van der Waals surface area contributed by atoms with Crippen molar-refractivity contribution in [2.75, 3.05) is 9.80 Å². The van der Waals surface area contributed by atoms with Crippen LogP contribution < -0.4 is 18.9 Å². The smallest absolute Gasteiger partial charge is 0.225 e. The first kappa shape index (κ1) is 21.0. The Morgan fingerprint density at radius 3 is 1.25 bits per heavy atom. The third-order valence-corrected chi connectivity index (χ3v) is 8.16. The molecule has 3 aromatic rings. The van der Waals surface area contributed by atoms with Crippen LogP contribution in [0, 0.1) is 27.7 Å². The zero-order valence-electron chi connectivity index (χ0n) is 20.8. The van der Waals surface area contributed by atoms with Gasteiger partial charge in [0.2, 0.25) is 24.7 Å². The third kappa shape index (κ3) is 2.68. The van der Waals surface area contributed by atoms with E-state index < -0.39 is 0 Å². The summed E-state index contributed by atoms with van der Waals surface area (Å²) in [6, 6.07) is 13.1. The normalized spacial score (nSPS) is 18.1. The number of pyridine rings is 2. The summed E-state index contributed by atoms with van der Waals surface area (Å²) in [5.74, 6) is 0. The monoisotopic (exact) mass is 428 g/mol. The van der Waals surface area contributed by atoms with Gasteiger partial charge in [-0.3, -0.25) is 0 Å². The molecule has 1 aromatic carbocycles. The molecule has 0 amide bonds. The van der Waals surface area contributed by atoms with Crippen molar-refractivity contribution in [3.8, 4) is 0 Å². The van der Waals surface area contributed by atoms with Gasteiger partial charge < -0.3 is 9.80 Å². The van der Waals surface area contributed by atoms with Gasteiger partial charge in [0.15, 0.2) is 12.4 Å². The number of hydrogen-bond acceptors (Lipinski definition) is 2. The van der Waals surface area contributed by atoms with Crippen molar-refractivity contribution in [2.45, 2.75) is 79.8 Å². The Balaban J connectivity index is 1.65. The number of nitrogens with zero attached hydrogens (tertiary/aromatic N) is 4. The first-order chi connectivity index (χ1) is 15.1. The molecule has 0 aliphatic carbocycles. The van der Waals surface area contributed by atoms with Crippen LogP contribution in [-0.2, 0) is 24.4 Å². The van der Waals surface area contributed by atoms with Crippen molar-refractivity contribution in [2.24, 2.45) is 0 Å². The minimum absolute atomic E-state index is 0.0593. The molecular formula is C28H36N4+2. The second-order valence-corrected chi connectivity index (χ2v) is 10.6. The van der Waals surface area contributed by atoms with Crippen LogP contribution in [-0.4, -0.2) is 0 Å². The van der Waals surface area contributed by atoms with E-state index >= 15 is 0 Å². The van der Waals surface area contributed by atoms with Gasteiger partial charge in [-0.1, -0.05) is 12.1 Å². The van der Waals surface area contributed by atoms with E-state index in [1.54, 1.807) is 0 Å². The van der Waals surface area contributed by atoms with E-state index in [1.165, 1.54) is 45.0 Å². The Morgan fingerprint density at radius 1 is 0.594 bits per heavy atom. The number of hydrogen-bond donors (Lipinski definition) is 0. The summed E-state index contributed by atoms with van der Waals surface area (Å²) in [4.78, 5) is 5.19. The lowest BCUT2D eigenvalue weighted by Gasteiger charge is -2.36. The molecule has 4 heteroatoms. The Morgan fingerprint density at radius 2 is 0.938 bits per heavy atom. The molecular weight excluding hydrogens is 392 g/mol. The Kier molecular flexibility index (Phi) is 4.47. The average molecular weight is 429 g/mol. The fourth-order valence-electron chi connectivity index (χ4n) is 6.03. The number of anilines is 2. The van der Waals surface area contributed by atoms with E-state index in [-0.39, 0.29) is 11.1 Å². The van der Waals surface area contributed by atoms with Crippen LogP contribution in [0.25, 0.3) is 0 Å². The fourth-order valence-corrected chi connectivity index (χ4v) is 6.03. The maximum absolute atomic E-state index is 2.59. The number of fused-ring (bicyclic) bond motifs is 2. The molecule has 2 aliphatic heterocycles. The standard InChI is InChI=1S/C28H36N4/c1-19-20(2)26(32-18-30-16-12-10-14-24(30)28(32,7)8)22(4)21(3)25(19)31-17-29-15-11-9-13-23(29)27(31,5)6/h9-16H,17-18H2,1-8H3/q+2. The summed E-state index contributed by atoms with van der Waals surface area (Å²) < 4.78 is 4.77. The lowest BCUT2D eigenvalue weighted by molar-refractivity contribution is -0.691. The van der Waals surface area contributed by atoms with Crippen LogP contribution in [0.5, 0.6) is 0 Å². The van der Waals surface area contributed by atoms with Crippen molar-refractivity contribution < 1.29 is 9.13 Å². The van der Waals surface area contributed by atoms with Gasteiger partial charge in [0, 0.05) is 35.6 Å². The van der Waals surface area contributed by atoms with Gasteiger partial charge in [0.25, 0.3) is 0 Å². The van der Waals surface area contributed by atoms with Gasteiger partial charge in [-0.15, -0.1) is 0 Å². The van der Waals surface area contributed by atoms with Crippen molar-refractivity contribution in [3.63, 3.8) is 0 Å². The van der Waals surface area contributed by atoms with Crippen molar-refractivity contribution in [1.29, 1.82) is 0 Å². The molecule has 166 valence electrons. The predicted molar refractivity (Wildman–Crippen MR) is 130 cm³/mol. The van der Waals surface area contributed by atoms with E-state index in [9.17, 15) is 0 Å². The quantitative estimate of drug-likeness (QED) is 0.538. The summed E-state index contributed by atoms with van der Waals surface area (Å²) in [7, 11) is 0. The highest BCUT2D eigenvalue weighted by atomic mass is 15.4. The van der Waals surface area contributed by atoms with E-state index in [4.69, 9.17) is 0 Å². The van der Waals surface area contributed by atoms with Crippen LogP contribution in [0.2, 0.25) is 0 Å². The van der Waals surface area contributed by atoms with E-state index in [0.29, 0.717) is 0 Å². The van der Waals surface area contributed by atoms with Crippen LogP contribution in [0.3, 0.4) is 0 Å². The summed E-state index contributed by atoms with van der Waals surface area (Å²) in [6.45, 7) is 20.4.